The van der Waals surface area contributed by atoms with Crippen LogP contribution in [0.3, 0.4) is 0 Å². The summed E-state index contributed by atoms with van der Waals surface area (Å²) in [5.41, 5.74) is 6.58. The normalized spacial score (nSPS) is 28.5. The Balaban J connectivity index is 1.69. The Hall–Kier alpha value is -1.29. The van der Waals surface area contributed by atoms with Crippen molar-refractivity contribution in [2.75, 3.05) is 12.3 Å². The predicted octanol–water partition coefficient (Wildman–Crippen LogP) is -1.02. The van der Waals surface area contributed by atoms with E-state index < -0.39 is 54.6 Å². The largest absolute Gasteiger partial charge is 0.490 e. The first kappa shape index (κ1) is 24.4. The Morgan fingerprint density at radius 2 is 1.74 bits per heavy atom. The van der Waals surface area contributed by atoms with Crippen molar-refractivity contribution in [1.29, 1.82) is 0 Å². The number of aliphatic hydroxyl groups is 2. The van der Waals surface area contributed by atoms with Gasteiger partial charge in [-0.3, -0.25) is 9.09 Å². The van der Waals surface area contributed by atoms with Crippen LogP contribution < -0.4 is 5.73 Å². The lowest BCUT2D eigenvalue weighted by Gasteiger charge is -2.19. The van der Waals surface area contributed by atoms with Crippen molar-refractivity contribution in [3.8, 4) is 0 Å². The van der Waals surface area contributed by atoms with Crippen LogP contribution in [-0.4, -0.2) is 69.2 Å². The molecule has 31 heavy (non-hydrogen) atoms. The van der Waals surface area contributed by atoms with Gasteiger partial charge in [-0.15, -0.1) is 0 Å². The summed E-state index contributed by atoms with van der Waals surface area (Å²) in [6, 6.07) is 1.49. The summed E-state index contributed by atoms with van der Waals surface area (Å²) in [7, 11) is -16.7. The second-order valence-corrected chi connectivity index (χ2v) is 10.6. The SMILES string of the molecule is Nc1ccnc2c1ncn2[C@@H]1O[C@H](COP(=O)(O)OP(=O)(O)OP(=O)(O)O)[C@@H](O)[C@H]1O. The van der Waals surface area contributed by atoms with Crippen molar-refractivity contribution in [2.45, 2.75) is 24.5 Å². The van der Waals surface area contributed by atoms with Crippen LogP contribution in [0.5, 0.6) is 0 Å². The van der Waals surface area contributed by atoms with Gasteiger partial charge in [-0.25, -0.2) is 23.7 Å². The minimum atomic E-state index is -5.69. The summed E-state index contributed by atoms with van der Waals surface area (Å²) in [6.45, 7) is -0.944. The number of rotatable bonds is 8. The summed E-state index contributed by atoms with van der Waals surface area (Å²) in [5.74, 6) is 0. The van der Waals surface area contributed by atoms with Gasteiger partial charge < -0.3 is 40.3 Å². The lowest BCUT2D eigenvalue weighted by atomic mass is 10.1. The number of pyridine rings is 1. The van der Waals surface area contributed by atoms with Crippen LogP contribution in [0, 0.1) is 0 Å². The number of imidazole rings is 1. The smallest absolute Gasteiger partial charge is 0.397 e. The second kappa shape index (κ2) is 8.57. The predicted molar refractivity (Wildman–Crippen MR) is 97.7 cm³/mol. The molecule has 0 radical (unpaired) electrons. The van der Waals surface area contributed by atoms with E-state index in [0.717, 1.165) is 0 Å². The van der Waals surface area contributed by atoms with Crippen LogP contribution in [0.15, 0.2) is 18.6 Å². The number of aromatic nitrogens is 3. The molecule has 0 spiro atoms. The highest BCUT2D eigenvalue weighted by Gasteiger charge is 2.46. The number of hydrogen-bond acceptors (Lipinski definition) is 12. The molecule has 0 bridgehead atoms. The lowest BCUT2D eigenvalue weighted by Crippen LogP contribution is -2.33. The number of aliphatic hydroxyl groups excluding tert-OH is 2. The van der Waals surface area contributed by atoms with Crippen molar-refractivity contribution >= 4 is 40.3 Å². The van der Waals surface area contributed by atoms with Crippen molar-refractivity contribution in [2.24, 2.45) is 0 Å². The van der Waals surface area contributed by atoms with Gasteiger partial charge in [0.15, 0.2) is 11.9 Å². The first-order chi connectivity index (χ1) is 14.2. The number of fused-ring (bicyclic) bond motifs is 1. The summed E-state index contributed by atoms with van der Waals surface area (Å²) in [5, 5.41) is 20.4. The molecule has 1 aliphatic heterocycles. The molecule has 17 nitrogen and oxygen atoms in total. The van der Waals surface area contributed by atoms with Crippen LogP contribution in [0.2, 0.25) is 0 Å². The van der Waals surface area contributed by atoms with Crippen LogP contribution in [-0.2, 0) is 31.6 Å². The number of nitrogens with two attached hydrogens (primary N) is 1. The van der Waals surface area contributed by atoms with E-state index in [0.29, 0.717) is 11.2 Å². The zero-order valence-corrected chi connectivity index (χ0v) is 17.7. The van der Waals surface area contributed by atoms with Gasteiger partial charge in [0.05, 0.1) is 18.6 Å². The van der Waals surface area contributed by atoms with E-state index in [9.17, 15) is 28.8 Å². The molecule has 174 valence electrons. The zero-order valence-electron chi connectivity index (χ0n) is 15.1. The highest BCUT2D eigenvalue weighted by Crippen LogP contribution is 2.66. The van der Waals surface area contributed by atoms with Crippen LogP contribution in [0.25, 0.3) is 11.2 Å². The Morgan fingerprint density at radius 3 is 2.39 bits per heavy atom. The molecule has 3 rings (SSSR count). The molecule has 8 N–H and O–H groups in total. The Morgan fingerprint density at radius 1 is 1.06 bits per heavy atom. The van der Waals surface area contributed by atoms with Crippen molar-refractivity contribution in [1.82, 2.24) is 14.5 Å². The first-order valence-electron chi connectivity index (χ1n) is 8.06. The maximum Gasteiger partial charge on any atom is 0.490 e. The average Bonchev–Trinajstić information content (AvgIpc) is 3.13. The molecule has 1 fully saturated rings. The van der Waals surface area contributed by atoms with E-state index >= 15 is 0 Å². The first-order valence-corrected chi connectivity index (χ1v) is 12.6. The van der Waals surface area contributed by atoms with E-state index in [4.69, 9.17) is 25.2 Å². The number of anilines is 1. The standard InChI is InChI=1S/C11H17N4O13P3/c12-5-1-2-13-10-7(5)14-4-15(10)11-9(17)8(16)6(26-11)3-25-30(21,22)28-31(23,24)27-29(18,19)20/h1-2,4,6,8-9,11,16-17H,3H2,(H2,12,13)(H,21,22)(H,23,24)(H2,18,19,20)/t6-,8-,9-,11-/m1/s1. The molecule has 2 unspecified atom stereocenters. The molecular weight excluding hydrogens is 489 g/mol. The van der Waals surface area contributed by atoms with Gasteiger partial charge in [0.2, 0.25) is 0 Å². The summed E-state index contributed by atoms with van der Waals surface area (Å²) < 4.78 is 52.0. The van der Waals surface area contributed by atoms with E-state index in [2.05, 4.69) is 23.1 Å². The highest BCUT2D eigenvalue weighted by atomic mass is 31.3. The highest BCUT2D eigenvalue weighted by molar-refractivity contribution is 7.66. The topological polar surface area (TPSA) is 266 Å². The summed E-state index contributed by atoms with van der Waals surface area (Å²) in [6.07, 6.45) is -3.32. The molecule has 1 aliphatic rings. The Bertz CT molecular complexity index is 1100. The zero-order chi connectivity index (χ0) is 23.2. The molecule has 0 aliphatic carbocycles. The molecule has 0 aromatic carbocycles. The average molecular weight is 506 g/mol. The minimum Gasteiger partial charge on any atom is -0.397 e. The second-order valence-electron chi connectivity index (χ2n) is 6.16. The van der Waals surface area contributed by atoms with Crippen LogP contribution in [0.1, 0.15) is 6.23 Å². The third-order valence-corrected chi connectivity index (χ3v) is 7.72. The number of nitrogens with zero attached hydrogens (tertiary/aromatic N) is 3. The van der Waals surface area contributed by atoms with Gasteiger partial charge in [-0.1, -0.05) is 0 Å². The maximum absolute atomic E-state index is 11.8. The molecular formula is C11H17N4O13P3. The van der Waals surface area contributed by atoms with Crippen molar-refractivity contribution in [3.63, 3.8) is 0 Å². The number of ether oxygens (including phenoxy) is 1. The Kier molecular flexibility index (Phi) is 6.73. The van der Waals surface area contributed by atoms with E-state index in [1.165, 1.54) is 23.2 Å². The molecule has 2 aromatic heterocycles. The Labute approximate surface area is 172 Å². The fraction of sp³-hybridized carbons (Fsp3) is 0.455. The van der Waals surface area contributed by atoms with Gasteiger partial charge in [-0.05, 0) is 6.07 Å². The molecule has 20 heteroatoms. The van der Waals surface area contributed by atoms with Gasteiger partial charge in [-0.2, -0.15) is 8.62 Å². The van der Waals surface area contributed by atoms with Crippen LogP contribution in [0.4, 0.5) is 5.69 Å². The maximum atomic E-state index is 11.8. The third-order valence-electron chi connectivity index (χ3n) is 3.92. The van der Waals surface area contributed by atoms with Gasteiger partial charge in [0.1, 0.15) is 23.8 Å². The van der Waals surface area contributed by atoms with E-state index in [1.807, 2.05) is 0 Å². The summed E-state index contributed by atoms with van der Waals surface area (Å²) >= 11 is 0. The molecule has 0 amide bonds. The lowest BCUT2D eigenvalue weighted by molar-refractivity contribution is -0.0503. The van der Waals surface area contributed by atoms with Crippen molar-refractivity contribution in [3.05, 3.63) is 18.6 Å². The van der Waals surface area contributed by atoms with Crippen LogP contribution >= 0.6 is 23.5 Å². The van der Waals surface area contributed by atoms with Gasteiger partial charge >= 0.3 is 23.5 Å². The minimum absolute atomic E-state index is 0.213. The fourth-order valence-electron chi connectivity index (χ4n) is 2.71. The quantitative estimate of drug-likeness (QED) is 0.211. The molecule has 6 atom stereocenters. The summed E-state index contributed by atoms with van der Waals surface area (Å²) in [4.78, 5) is 43.7. The van der Waals surface area contributed by atoms with E-state index in [1.54, 1.807) is 0 Å². The number of phosphoric acid groups is 3. The fourth-order valence-corrected chi connectivity index (χ4v) is 5.74. The van der Waals surface area contributed by atoms with Gasteiger partial charge in [0, 0.05) is 6.20 Å². The number of nitrogen functional groups attached to an aromatic ring is 1. The third kappa shape index (κ3) is 5.74. The van der Waals surface area contributed by atoms with Crippen molar-refractivity contribution < 1.29 is 61.4 Å². The van der Waals surface area contributed by atoms with E-state index in [-0.39, 0.29) is 5.65 Å². The molecule has 1 saturated heterocycles. The van der Waals surface area contributed by atoms with Gasteiger partial charge in [0.25, 0.3) is 0 Å². The molecule has 3 heterocycles. The number of hydrogen-bond donors (Lipinski definition) is 7. The molecule has 0 saturated carbocycles. The number of phosphoric ester groups is 1. The molecule has 2 aromatic rings. The monoisotopic (exact) mass is 506 g/mol.